The van der Waals surface area contributed by atoms with E-state index in [9.17, 15) is 4.79 Å². The Morgan fingerprint density at radius 2 is 2.15 bits per heavy atom. The molecule has 106 valence electrons. The summed E-state index contributed by atoms with van der Waals surface area (Å²) in [4.78, 5) is 16.8. The van der Waals surface area contributed by atoms with E-state index in [1.165, 1.54) is 11.3 Å². The quantitative estimate of drug-likeness (QED) is 0.633. The van der Waals surface area contributed by atoms with Gasteiger partial charge in [0.15, 0.2) is 5.13 Å². The van der Waals surface area contributed by atoms with Crippen molar-refractivity contribution in [3.05, 3.63) is 35.3 Å². The molecule has 0 aliphatic heterocycles. The number of anilines is 2. The maximum atomic E-state index is 11.7. The highest BCUT2D eigenvalue weighted by molar-refractivity contribution is 7.15. The lowest BCUT2D eigenvalue weighted by molar-refractivity contribution is -0.116. The second-order valence-electron chi connectivity index (χ2n) is 4.35. The van der Waals surface area contributed by atoms with Crippen LogP contribution in [0.1, 0.15) is 17.7 Å². The third-order valence-electron chi connectivity index (χ3n) is 2.56. The number of aromatic nitrogens is 1. The minimum atomic E-state index is -0.0414. The van der Waals surface area contributed by atoms with Gasteiger partial charge in [0.1, 0.15) is 5.75 Å². The Kier molecular flexibility index (Phi) is 4.95. The third-order valence-corrected chi connectivity index (χ3v) is 3.39. The van der Waals surface area contributed by atoms with Gasteiger partial charge in [0.2, 0.25) is 5.91 Å². The summed E-state index contributed by atoms with van der Waals surface area (Å²) < 4.78 is 5.52. The van der Waals surface area contributed by atoms with E-state index >= 15 is 0 Å². The van der Waals surface area contributed by atoms with Crippen LogP contribution in [0.5, 0.6) is 5.75 Å². The van der Waals surface area contributed by atoms with Crippen molar-refractivity contribution in [1.29, 1.82) is 0 Å². The van der Waals surface area contributed by atoms with Crippen LogP contribution in [0.3, 0.4) is 0 Å². The Morgan fingerprint density at radius 1 is 1.40 bits per heavy atom. The molecular weight excluding hydrogens is 274 g/mol. The normalized spacial score (nSPS) is 10.2. The third kappa shape index (κ3) is 4.55. The van der Waals surface area contributed by atoms with Crippen molar-refractivity contribution in [2.45, 2.75) is 19.8 Å². The molecule has 2 aromatic rings. The Bertz CT molecular complexity index is 566. The number of hydrogen-bond acceptors (Lipinski definition) is 5. The summed E-state index contributed by atoms with van der Waals surface area (Å²) in [5, 5.41) is 3.41. The number of hydrogen-bond donors (Lipinski definition) is 2. The van der Waals surface area contributed by atoms with Crippen LogP contribution in [0.15, 0.2) is 30.5 Å². The minimum Gasteiger partial charge on any atom is -0.494 e. The molecule has 0 aliphatic rings. The number of carbonyl (C=O) groups excluding carboxylic acids is 1. The molecule has 2 rings (SSSR count). The average molecular weight is 291 g/mol. The number of aryl methyl sites for hydroxylation is 1. The summed E-state index contributed by atoms with van der Waals surface area (Å²) in [5.74, 6) is 0.718. The van der Waals surface area contributed by atoms with Crippen LogP contribution in [0.4, 0.5) is 10.8 Å². The lowest BCUT2D eigenvalue weighted by Crippen LogP contribution is -2.12. The smallest absolute Gasteiger partial charge is 0.226 e. The molecule has 1 aromatic carbocycles. The summed E-state index contributed by atoms with van der Waals surface area (Å²) >= 11 is 1.47. The number of thiazole rings is 1. The second-order valence-corrected chi connectivity index (χ2v) is 5.58. The van der Waals surface area contributed by atoms with Gasteiger partial charge in [-0.1, -0.05) is 0 Å². The van der Waals surface area contributed by atoms with E-state index in [-0.39, 0.29) is 5.91 Å². The van der Waals surface area contributed by atoms with E-state index < -0.39 is 0 Å². The van der Waals surface area contributed by atoms with E-state index in [1.54, 1.807) is 18.3 Å². The molecule has 0 bridgehead atoms. The zero-order valence-corrected chi connectivity index (χ0v) is 12.1. The molecule has 0 atom stereocenters. The van der Waals surface area contributed by atoms with Gasteiger partial charge in [0.25, 0.3) is 0 Å². The van der Waals surface area contributed by atoms with Crippen molar-refractivity contribution in [3.63, 3.8) is 0 Å². The highest BCUT2D eigenvalue weighted by Crippen LogP contribution is 2.17. The molecule has 1 heterocycles. The molecule has 6 heteroatoms. The van der Waals surface area contributed by atoms with Gasteiger partial charge in [-0.15, -0.1) is 11.3 Å². The number of rotatable bonds is 6. The highest BCUT2D eigenvalue weighted by Gasteiger charge is 2.05. The van der Waals surface area contributed by atoms with E-state index in [1.807, 2.05) is 19.1 Å². The van der Waals surface area contributed by atoms with E-state index in [0.29, 0.717) is 30.3 Å². The molecule has 5 nitrogen and oxygen atoms in total. The van der Waals surface area contributed by atoms with Crippen molar-refractivity contribution >= 4 is 28.1 Å². The Balaban J connectivity index is 1.65. The Hall–Kier alpha value is -2.08. The van der Waals surface area contributed by atoms with Crippen LogP contribution in [0.2, 0.25) is 0 Å². The van der Waals surface area contributed by atoms with Gasteiger partial charge < -0.3 is 15.8 Å². The first kappa shape index (κ1) is 14.3. The Morgan fingerprint density at radius 3 is 2.80 bits per heavy atom. The van der Waals surface area contributed by atoms with Crippen LogP contribution in [0, 0.1) is 6.92 Å². The average Bonchev–Trinajstić information content (AvgIpc) is 2.82. The van der Waals surface area contributed by atoms with Gasteiger partial charge in [0, 0.05) is 23.2 Å². The number of nitrogens with zero attached hydrogens (tertiary/aromatic N) is 1. The molecular formula is C14H17N3O2S. The zero-order valence-electron chi connectivity index (χ0n) is 11.3. The first-order valence-corrected chi connectivity index (χ1v) is 7.16. The maximum absolute atomic E-state index is 11.7. The summed E-state index contributed by atoms with van der Waals surface area (Å²) in [6.45, 7) is 2.45. The number of ether oxygens (including phenoxy) is 1. The topological polar surface area (TPSA) is 77.2 Å². The minimum absolute atomic E-state index is 0.0414. The van der Waals surface area contributed by atoms with Crippen LogP contribution in [-0.4, -0.2) is 17.5 Å². The van der Waals surface area contributed by atoms with E-state index in [2.05, 4.69) is 10.3 Å². The number of nitrogens with two attached hydrogens (primary N) is 1. The summed E-state index contributed by atoms with van der Waals surface area (Å²) in [7, 11) is 0. The molecule has 20 heavy (non-hydrogen) atoms. The number of nitrogens with one attached hydrogen (secondary N) is 1. The standard InChI is InChI=1S/C14H17N3O2S/c1-10-9-16-14(20-10)17-13(18)3-2-8-19-12-6-4-11(15)5-7-12/h4-7,9H,2-3,8,15H2,1H3,(H,16,17,18). The number of benzene rings is 1. The molecule has 1 amide bonds. The molecule has 0 aliphatic carbocycles. The van der Waals surface area contributed by atoms with Gasteiger partial charge in [0.05, 0.1) is 6.61 Å². The molecule has 1 aromatic heterocycles. The zero-order chi connectivity index (χ0) is 14.4. The second kappa shape index (κ2) is 6.91. The summed E-state index contributed by atoms with van der Waals surface area (Å²) in [6.07, 6.45) is 2.80. The van der Waals surface area contributed by atoms with Crippen LogP contribution < -0.4 is 15.8 Å². The first-order chi connectivity index (χ1) is 9.63. The van der Waals surface area contributed by atoms with Gasteiger partial charge in [-0.2, -0.15) is 0 Å². The van der Waals surface area contributed by atoms with Crippen molar-refractivity contribution in [2.75, 3.05) is 17.7 Å². The predicted octanol–water partition coefficient (Wildman–Crippen LogP) is 2.83. The number of carbonyl (C=O) groups is 1. The van der Waals surface area contributed by atoms with Gasteiger partial charge in [-0.05, 0) is 37.6 Å². The van der Waals surface area contributed by atoms with Gasteiger partial charge in [-0.3, -0.25) is 4.79 Å². The highest BCUT2D eigenvalue weighted by atomic mass is 32.1. The van der Waals surface area contributed by atoms with Gasteiger partial charge >= 0.3 is 0 Å². The SMILES string of the molecule is Cc1cnc(NC(=O)CCCOc2ccc(N)cc2)s1. The fourth-order valence-corrected chi connectivity index (χ4v) is 2.26. The monoisotopic (exact) mass is 291 g/mol. The van der Waals surface area contributed by atoms with Gasteiger partial charge in [-0.25, -0.2) is 4.98 Å². The summed E-state index contributed by atoms with van der Waals surface area (Å²) in [5.41, 5.74) is 6.29. The predicted molar refractivity (Wildman–Crippen MR) is 81.1 cm³/mol. The molecule has 0 radical (unpaired) electrons. The fourth-order valence-electron chi connectivity index (χ4n) is 1.58. The van der Waals surface area contributed by atoms with Crippen molar-refractivity contribution in [1.82, 2.24) is 4.98 Å². The molecule has 0 unspecified atom stereocenters. The fraction of sp³-hybridized carbons (Fsp3) is 0.286. The first-order valence-electron chi connectivity index (χ1n) is 6.34. The molecule has 0 saturated heterocycles. The molecule has 0 fully saturated rings. The van der Waals surface area contributed by atoms with E-state index in [4.69, 9.17) is 10.5 Å². The van der Waals surface area contributed by atoms with Crippen LogP contribution in [-0.2, 0) is 4.79 Å². The lowest BCUT2D eigenvalue weighted by Gasteiger charge is -2.06. The molecule has 3 N–H and O–H groups in total. The maximum Gasteiger partial charge on any atom is 0.226 e. The Labute approximate surface area is 121 Å². The van der Waals surface area contributed by atoms with Crippen molar-refractivity contribution < 1.29 is 9.53 Å². The van der Waals surface area contributed by atoms with Crippen molar-refractivity contribution in [2.24, 2.45) is 0 Å². The molecule has 0 spiro atoms. The van der Waals surface area contributed by atoms with Crippen LogP contribution >= 0.6 is 11.3 Å². The van der Waals surface area contributed by atoms with Crippen LogP contribution in [0.25, 0.3) is 0 Å². The largest absolute Gasteiger partial charge is 0.494 e. The summed E-state index contributed by atoms with van der Waals surface area (Å²) in [6, 6.07) is 7.20. The number of nitrogen functional groups attached to an aromatic ring is 1. The lowest BCUT2D eigenvalue weighted by atomic mass is 10.3. The molecule has 0 saturated carbocycles. The number of amides is 1. The van der Waals surface area contributed by atoms with E-state index in [0.717, 1.165) is 10.6 Å². The van der Waals surface area contributed by atoms with Crippen molar-refractivity contribution in [3.8, 4) is 5.75 Å².